The Kier molecular flexibility index (Phi) is 7.72. The molecule has 4 rings (SSSR count). The van der Waals surface area contributed by atoms with Gasteiger partial charge in [0.1, 0.15) is 11.1 Å². The van der Waals surface area contributed by atoms with Crippen LogP contribution in [0.3, 0.4) is 0 Å². The highest BCUT2D eigenvalue weighted by molar-refractivity contribution is 6.38. The van der Waals surface area contributed by atoms with Crippen molar-refractivity contribution in [2.24, 2.45) is 9.98 Å². The molecule has 0 spiro atoms. The third-order valence-corrected chi connectivity index (χ3v) is 6.74. The normalized spacial score (nSPS) is 18.2. The average molecular weight is 545 g/mol. The third kappa shape index (κ3) is 4.81. The second-order valence-corrected chi connectivity index (χ2v) is 10.2. The Labute approximate surface area is 232 Å². The molecule has 10 heteroatoms. The van der Waals surface area contributed by atoms with Crippen LogP contribution in [-0.2, 0) is 19.1 Å². The van der Waals surface area contributed by atoms with E-state index >= 15 is 0 Å². The number of rotatable bonds is 8. The minimum Gasteiger partial charge on any atom is -0.714 e. The Bertz CT molecular complexity index is 1390. The molecule has 0 saturated carbocycles. The van der Waals surface area contributed by atoms with Crippen LogP contribution in [0.15, 0.2) is 81.8 Å². The molecule has 0 fully saturated rings. The minimum absolute atomic E-state index is 0.00645. The molecule has 0 unspecified atom stereocenters. The second kappa shape index (κ2) is 10.9. The van der Waals surface area contributed by atoms with E-state index in [0.717, 1.165) is 0 Å². The number of aliphatic imine (C=N–C) groups is 2. The monoisotopic (exact) mass is 544 g/mol. The van der Waals surface area contributed by atoms with Crippen LogP contribution in [0.5, 0.6) is 0 Å². The van der Waals surface area contributed by atoms with E-state index in [1.807, 2.05) is 12.1 Å². The van der Waals surface area contributed by atoms with Gasteiger partial charge in [0.15, 0.2) is 11.1 Å². The second-order valence-electron chi connectivity index (χ2n) is 10.2. The number of carbonyl (C=O) groups excluding carboxylic acids is 2. The molecule has 2 aliphatic heterocycles. The van der Waals surface area contributed by atoms with Crippen molar-refractivity contribution in [3.05, 3.63) is 93.4 Å². The van der Waals surface area contributed by atoms with Crippen LogP contribution in [0, 0.1) is 10.4 Å². The first kappa shape index (κ1) is 28.4. The smallest absolute Gasteiger partial charge is 0.343 e. The van der Waals surface area contributed by atoms with Crippen LogP contribution in [0.4, 0.5) is 0 Å². The van der Waals surface area contributed by atoms with Crippen molar-refractivity contribution in [1.82, 2.24) is 0 Å². The van der Waals surface area contributed by atoms with Gasteiger partial charge in [-0.05, 0) is 75.8 Å². The summed E-state index contributed by atoms with van der Waals surface area (Å²) in [6, 6.07) is 17.6. The van der Waals surface area contributed by atoms with Gasteiger partial charge in [0.05, 0.1) is 24.3 Å². The molecule has 10 nitrogen and oxygen atoms in total. The highest BCUT2D eigenvalue weighted by atomic mass is 16.5. The topological polar surface area (TPSA) is 129 Å². The molecule has 0 atom stereocenters. The summed E-state index contributed by atoms with van der Waals surface area (Å²) in [4.78, 5) is 36.5. The number of nitrogens with zero attached hydrogens (tertiary/aromatic N) is 4. The fourth-order valence-electron chi connectivity index (χ4n) is 4.60. The molecule has 0 radical (unpaired) electrons. The van der Waals surface area contributed by atoms with E-state index in [0.29, 0.717) is 20.6 Å². The lowest BCUT2D eigenvalue weighted by molar-refractivity contribution is -0.513. The first-order chi connectivity index (χ1) is 19.0. The van der Waals surface area contributed by atoms with Gasteiger partial charge in [0.2, 0.25) is 11.4 Å². The minimum atomic E-state index is -1.39. The van der Waals surface area contributed by atoms with E-state index in [1.54, 1.807) is 90.1 Å². The van der Waals surface area contributed by atoms with Crippen LogP contribution in [0.1, 0.15) is 52.7 Å². The Balaban J connectivity index is 2.04. The van der Waals surface area contributed by atoms with Crippen LogP contribution in [0.2, 0.25) is 0 Å². The molecule has 2 aliphatic rings. The number of carbonyl (C=O) groups is 2. The van der Waals surface area contributed by atoms with E-state index in [4.69, 9.17) is 9.47 Å². The third-order valence-electron chi connectivity index (χ3n) is 6.74. The number of ether oxygens (including phenoxy) is 2. The van der Waals surface area contributed by atoms with Crippen molar-refractivity contribution < 1.29 is 28.5 Å². The zero-order valence-corrected chi connectivity index (χ0v) is 23.4. The van der Waals surface area contributed by atoms with E-state index in [-0.39, 0.29) is 47.5 Å². The summed E-state index contributed by atoms with van der Waals surface area (Å²) in [5, 5.41) is 27.1. The van der Waals surface area contributed by atoms with E-state index in [2.05, 4.69) is 9.98 Å². The molecule has 0 aromatic heterocycles. The van der Waals surface area contributed by atoms with Gasteiger partial charge >= 0.3 is 23.6 Å². The summed E-state index contributed by atoms with van der Waals surface area (Å²) in [6.45, 7) is 9.63. The van der Waals surface area contributed by atoms with Crippen LogP contribution in [0.25, 0.3) is 0 Å². The van der Waals surface area contributed by atoms with E-state index in [9.17, 15) is 20.0 Å². The van der Waals surface area contributed by atoms with Gasteiger partial charge in [0, 0.05) is 0 Å². The average Bonchev–Trinajstić information content (AvgIpc) is 3.31. The van der Waals surface area contributed by atoms with Gasteiger partial charge in [-0.3, -0.25) is 9.48 Å². The van der Waals surface area contributed by atoms with Crippen molar-refractivity contribution in [2.45, 2.75) is 52.6 Å². The molecule has 2 aromatic carbocycles. The lowest BCUT2D eigenvalue weighted by atomic mass is 9.84. The predicted molar refractivity (Wildman–Crippen MR) is 152 cm³/mol. The molecular weight excluding hydrogens is 512 g/mol. The summed E-state index contributed by atoms with van der Waals surface area (Å²) in [5.74, 6) is -1.63. The highest BCUT2D eigenvalue weighted by Gasteiger charge is 2.54. The molecule has 208 valence electrons. The fourth-order valence-corrected chi connectivity index (χ4v) is 4.60. The lowest BCUT2D eigenvalue weighted by Gasteiger charge is -2.27. The Hall–Kier alpha value is -4.60. The van der Waals surface area contributed by atoms with Crippen LogP contribution >= 0.6 is 0 Å². The molecule has 0 bridgehead atoms. The number of benzene rings is 2. The van der Waals surface area contributed by atoms with Crippen molar-refractivity contribution in [3.63, 3.8) is 0 Å². The molecule has 0 aliphatic carbocycles. The molecule has 40 heavy (non-hydrogen) atoms. The summed E-state index contributed by atoms with van der Waals surface area (Å²) < 4.78 is 12.2. The first-order valence-corrected chi connectivity index (χ1v) is 13.0. The molecule has 0 N–H and O–H groups in total. The van der Waals surface area contributed by atoms with Gasteiger partial charge in [-0.15, -0.1) is 0 Å². The van der Waals surface area contributed by atoms with Crippen LogP contribution in [-0.4, -0.2) is 68.8 Å². The Morgan fingerprint density at radius 3 is 1.30 bits per heavy atom. The number of hydroxylamine groups is 2. The maximum absolute atomic E-state index is 13.7. The Morgan fingerprint density at radius 2 is 1.00 bits per heavy atom. The zero-order valence-electron chi connectivity index (χ0n) is 23.4. The van der Waals surface area contributed by atoms with Crippen LogP contribution < -0.4 is 0 Å². The summed E-state index contributed by atoms with van der Waals surface area (Å²) in [7, 11) is 0. The van der Waals surface area contributed by atoms with Gasteiger partial charge in [0.25, 0.3) is 0 Å². The summed E-state index contributed by atoms with van der Waals surface area (Å²) in [5.41, 5.74) is -2.25. The lowest BCUT2D eigenvalue weighted by Crippen LogP contribution is -2.46. The quantitative estimate of drug-likeness (QED) is 0.215. The van der Waals surface area contributed by atoms with Gasteiger partial charge in [-0.1, -0.05) is 36.4 Å². The Morgan fingerprint density at radius 1 is 0.675 bits per heavy atom. The number of esters is 2. The van der Waals surface area contributed by atoms with Crippen molar-refractivity contribution in [1.29, 1.82) is 0 Å². The highest BCUT2D eigenvalue weighted by Crippen LogP contribution is 2.33. The molecular formula is C30H32N4O6. The van der Waals surface area contributed by atoms with Gasteiger partial charge in [-0.25, -0.2) is 9.59 Å². The van der Waals surface area contributed by atoms with E-state index < -0.39 is 23.0 Å². The maximum Gasteiger partial charge on any atom is 0.343 e. The predicted octanol–water partition coefficient (Wildman–Crippen LogP) is 3.79. The molecule has 0 saturated heterocycles. The van der Waals surface area contributed by atoms with Gasteiger partial charge in [-0.2, -0.15) is 0 Å². The molecule has 0 amide bonds. The van der Waals surface area contributed by atoms with E-state index in [1.165, 1.54) is 0 Å². The zero-order chi connectivity index (χ0) is 29.2. The largest absolute Gasteiger partial charge is 0.714 e. The van der Waals surface area contributed by atoms with Crippen molar-refractivity contribution in [3.8, 4) is 0 Å². The van der Waals surface area contributed by atoms with Gasteiger partial charge < -0.3 is 19.9 Å². The van der Waals surface area contributed by atoms with Crippen molar-refractivity contribution in [2.75, 3.05) is 13.2 Å². The standard InChI is InChI=1S/C30H32N4O6/c1-7-39-27(35)21(23-29(3,4)33(37)25(31-23)19-15-11-9-12-16-19)22(28(36)40-8-2)24-30(5,6)34(38)26(32-24)20-17-13-10-14-18-20/h9-18H,7-8H2,1-6H3/b22-21-. The van der Waals surface area contributed by atoms with Crippen molar-refractivity contribution >= 4 is 35.0 Å². The molecule has 2 aromatic rings. The SMILES string of the molecule is CCOC(=O)/C(C1=NC(c2ccccc2)=[N+]([O-])C1(C)C)=C(\C(=O)OCC)C1=NC(c2ccccc2)=[N+]([O-])C1(C)C. The number of hydrogen-bond acceptors (Lipinski definition) is 8. The first-order valence-electron chi connectivity index (χ1n) is 13.0. The number of hydrogen-bond donors (Lipinski definition) is 0. The number of amidine groups is 2. The summed E-state index contributed by atoms with van der Waals surface area (Å²) >= 11 is 0. The summed E-state index contributed by atoms with van der Waals surface area (Å²) in [6.07, 6.45) is 0. The fraction of sp³-hybridized carbons (Fsp3) is 0.333. The molecule has 2 heterocycles. The maximum atomic E-state index is 13.7.